The molecule has 0 atom stereocenters. The second-order valence-electron chi connectivity index (χ2n) is 4.18. The van der Waals surface area contributed by atoms with Crippen molar-refractivity contribution in [2.45, 2.75) is 0 Å². The number of halogens is 3. The molecule has 3 aromatic rings. The lowest BCUT2D eigenvalue weighted by Gasteiger charge is -2.08. The summed E-state index contributed by atoms with van der Waals surface area (Å²) in [6.45, 7) is 0. The lowest BCUT2D eigenvalue weighted by molar-refractivity contribution is 0.479. The van der Waals surface area contributed by atoms with Crippen molar-refractivity contribution in [2.24, 2.45) is 0 Å². The SMILES string of the molecule is O=c1[nH]c2nccnc2c(O)c1-c1c(F)cc(Br)cc1F. The molecule has 0 bridgehead atoms. The van der Waals surface area contributed by atoms with Crippen LogP contribution in [0.1, 0.15) is 0 Å². The van der Waals surface area contributed by atoms with E-state index < -0.39 is 34.1 Å². The van der Waals surface area contributed by atoms with Crippen LogP contribution in [0.3, 0.4) is 0 Å². The summed E-state index contributed by atoms with van der Waals surface area (Å²) in [5.74, 6) is -2.58. The van der Waals surface area contributed by atoms with Crippen LogP contribution in [0.4, 0.5) is 8.78 Å². The largest absolute Gasteiger partial charge is 0.505 e. The van der Waals surface area contributed by atoms with Crippen LogP contribution in [0.15, 0.2) is 33.8 Å². The van der Waals surface area contributed by atoms with Gasteiger partial charge < -0.3 is 10.1 Å². The Labute approximate surface area is 124 Å². The normalized spacial score (nSPS) is 11.0. The van der Waals surface area contributed by atoms with Gasteiger partial charge in [-0.2, -0.15) is 0 Å². The Morgan fingerprint density at radius 1 is 1.10 bits per heavy atom. The summed E-state index contributed by atoms with van der Waals surface area (Å²) in [5.41, 5.74) is -2.02. The molecule has 5 nitrogen and oxygen atoms in total. The Morgan fingerprint density at radius 2 is 1.71 bits per heavy atom. The van der Waals surface area contributed by atoms with Gasteiger partial charge >= 0.3 is 0 Å². The minimum Gasteiger partial charge on any atom is -0.505 e. The summed E-state index contributed by atoms with van der Waals surface area (Å²) in [6, 6.07) is 2.00. The van der Waals surface area contributed by atoms with Crippen LogP contribution >= 0.6 is 15.9 Å². The van der Waals surface area contributed by atoms with E-state index in [1.165, 1.54) is 12.4 Å². The highest BCUT2D eigenvalue weighted by Crippen LogP contribution is 2.34. The Bertz CT molecular complexity index is 904. The van der Waals surface area contributed by atoms with Crippen molar-refractivity contribution in [3.05, 3.63) is 51.0 Å². The first-order valence-electron chi connectivity index (χ1n) is 5.70. The Morgan fingerprint density at radius 3 is 2.38 bits per heavy atom. The van der Waals surface area contributed by atoms with E-state index in [4.69, 9.17) is 0 Å². The van der Waals surface area contributed by atoms with Gasteiger partial charge in [-0.05, 0) is 12.1 Å². The van der Waals surface area contributed by atoms with Crippen molar-refractivity contribution in [3.63, 3.8) is 0 Å². The van der Waals surface area contributed by atoms with Crippen LogP contribution < -0.4 is 5.56 Å². The van der Waals surface area contributed by atoms with E-state index in [1.54, 1.807) is 0 Å². The smallest absolute Gasteiger partial charge is 0.261 e. The molecule has 0 radical (unpaired) electrons. The molecule has 2 aromatic heterocycles. The summed E-state index contributed by atoms with van der Waals surface area (Å²) in [4.78, 5) is 22.0. The average molecular weight is 354 g/mol. The molecule has 3 rings (SSSR count). The zero-order valence-corrected chi connectivity index (χ0v) is 11.8. The zero-order valence-electron chi connectivity index (χ0n) is 10.2. The first-order chi connectivity index (χ1) is 9.99. The summed E-state index contributed by atoms with van der Waals surface area (Å²) < 4.78 is 28.2. The highest BCUT2D eigenvalue weighted by atomic mass is 79.9. The summed E-state index contributed by atoms with van der Waals surface area (Å²) in [5, 5.41) is 10.1. The lowest BCUT2D eigenvalue weighted by Crippen LogP contribution is -2.12. The van der Waals surface area contributed by atoms with Crippen molar-refractivity contribution < 1.29 is 13.9 Å². The minimum atomic E-state index is -0.981. The molecule has 0 saturated heterocycles. The highest BCUT2D eigenvalue weighted by molar-refractivity contribution is 9.10. The Balaban J connectivity index is 2.44. The lowest BCUT2D eigenvalue weighted by atomic mass is 10.0. The Kier molecular flexibility index (Phi) is 3.17. The van der Waals surface area contributed by atoms with E-state index >= 15 is 0 Å². The van der Waals surface area contributed by atoms with E-state index in [-0.39, 0.29) is 15.6 Å². The molecule has 0 aliphatic heterocycles. The van der Waals surface area contributed by atoms with Crippen molar-refractivity contribution >= 4 is 27.1 Å². The van der Waals surface area contributed by atoms with E-state index in [1.807, 2.05) is 0 Å². The van der Waals surface area contributed by atoms with Crippen LogP contribution in [0.2, 0.25) is 0 Å². The van der Waals surface area contributed by atoms with Gasteiger partial charge in [0.1, 0.15) is 17.2 Å². The molecule has 2 heterocycles. The molecular weight excluding hydrogens is 348 g/mol. The van der Waals surface area contributed by atoms with Gasteiger partial charge in [0.15, 0.2) is 11.4 Å². The molecule has 0 aliphatic carbocycles. The molecule has 0 aliphatic rings. The minimum absolute atomic E-state index is 0.0293. The molecule has 0 amide bonds. The van der Waals surface area contributed by atoms with Crippen LogP contribution in [0.25, 0.3) is 22.3 Å². The average Bonchev–Trinajstić information content (AvgIpc) is 2.41. The first kappa shape index (κ1) is 13.6. The van der Waals surface area contributed by atoms with Gasteiger partial charge in [0.25, 0.3) is 5.56 Å². The maximum Gasteiger partial charge on any atom is 0.261 e. The van der Waals surface area contributed by atoms with Gasteiger partial charge in [-0.15, -0.1) is 0 Å². The number of rotatable bonds is 1. The zero-order chi connectivity index (χ0) is 15.1. The number of aromatic nitrogens is 3. The molecule has 8 heteroatoms. The topological polar surface area (TPSA) is 78.9 Å². The third-order valence-corrected chi connectivity index (χ3v) is 3.33. The van der Waals surface area contributed by atoms with Gasteiger partial charge in [0, 0.05) is 16.9 Å². The van der Waals surface area contributed by atoms with Gasteiger partial charge in [0.05, 0.1) is 11.1 Å². The molecule has 106 valence electrons. The molecule has 21 heavy (non-hydrogen) atoms. The predicted molar refractivity (Wildman–Crippen MR) is 74.9 cm³/mol. The monoisotopic (exact) mass is 353 g/mol. The third kappa shape index (κ3) is 2.17. The van der Waals surface area contributed by atoms with Crippen LogP contribution in [0.5, 0.6) is 5.75 Å². The molecule has 0 unspecified atom stereocenters. The van der Waals surface area contributed by atoms with Gasteiger partial charge in [0.2, 0.25) is 0 Å². The molecule has 2 N–H and O–H groups in total. The van der Waals surface area contributed by atoms with Gasteiger partial charge in [-0.3, -0.25) is 4.79 Å². The van der Waals surface area contributed by atoms with Crippen LogP contribution in [0, 0.1) is 11.6 Å². The number of H-pyrrole nitrogens is 1. The molecule has 0 saturated carbocycles. The number of benzene rings is 1. The molecule has 1 aromatic carbocycles. The molecule has 0 spiro atoms. The summed E-state index contributed by atoms with van der Waals surface area (Å²) in [7, 11) is 0. The summed E-state index contributed by atoms with van der Waals surface area (Å²) in [6.07, 6.45) is 2.61. The number of pyridine rings is 1. The maximum absolute atomic E-state index is 14.0. The van der Waals surface area contributed by atoms with Crippen molar-refractivity contribution in [3.8, 4) is 16.9 Å². The number of aromatic hydroxyl groups is 1. The fourth-order valence-corrected chi connectivity index (χ4v) is 2.41. The number of nitrogens with one attached hydrogen (secondary N) is 1. The van der Waals surface area contributed by atoms with Crippen molar-refractivity contribution in [1.29, 1.82) is 0 Å². The second kappa shape index (κ2) is 4.88. The quantitative estimate of drug-likeness (QED) is 0.704. The van der Waals surface area contributed by atoms with Crippen molar-refractivity contribution in [2.75, 3.05) is 0 Å². The van der Waals surface area contributed by atoms with E-state index in [9.17, 15) is 18.7 Å². The predicted octanol–water partition coefficient (Wildman–Crippen LogP) is 2.73. The van der Waals surface area contributed by atoms with E-state index in [0.29, 0.717) is 0 Å². The van der Waals surface area contributed by atoms with Gasteiger partial charge in [-0.1, -0.05) is 15.9 Å². The molecule has 0 fully saturated rings. The number of aromatic amines is 1. The third-order valence-electron chi connectivity index (χ3n) is 2.88. The number of nitrogens with zero attached hydrogens (tertiary/aromatic N) is 2. The second-order valence-corrected chi connectivity index (χ2v) is 5.09. The summed E-state index contributed by atoms with van der Waals surface area (Å²) >= 11 is 2.95. The highest BCUT2D eigenvalue weighted by Gasteiger charge is 2.22. The number of hydrogen-bond acceptors (Lipinski definition) is 4. The Hall–Kier alpha value is -2.35. The van der Waals surface area contributed by atoms with Gasteiger partial charge in [-0.25, -0.2) is 18.7 Å². The van der Waals surface area contributed by atoms with Crippen molar-refractivity contribution in [1.82, 2.24) is 15.0 Å². The number of hydrogen-bond donors (Lipinski definition) is 2. The van der Waals surface area contributed by atoms with E-state index in [0.717, 1.165) is 12.1 Å². The fourth-order valence-electron chi connectivity index (χ4n) is 2.01. The number of fused-ring (bicyclic) bond motifs is 1. The van der Waals surface area contributed by atoms with Crippen LogP contribution in [-0.4, -0.2) is 20.1 Å². The maximum atomic E-state index is 14.0. The van der Waals surface area contributed by atoms with Crippen LogP contribution in [-0.2, 0) is 0 Å². The van der Waals surface area contributed by atoms with E-state index in [2.05, 4.69) is 30.9 Å². The standard InChI is InChI=1S/C13H6BrF2N3O2/c14-5-3-6(15)8(7(16)4-5)9-11(20)10-12(19-13(9)21)18-2-1-17-10/h1-4H,(H2,18,19,20,21). The first-order valence-corrected chi connectivity index (χ1v) is 6.49. The molecular formula is C13H6BrF2N3O2. The fraction of sp³-hybridized carbons (Fsp3) is 0.